The van der Waals surface area contributed by atoms with Gasteiger partial charge in [-0.3, -0.25) is 4.79 Å². The Labute approximate surface area is 117 Å². The zero-order chi connectivity index (χ0) is 14.0. The molecule has 2 aliphatic rings. The van der Waals surface area contributed by atoms with E-state index in [-0.39, 0.29) is 11.9 Å². The monoisotopic (exact) mass is 267 g/mol. The van der Waals surface area contributed by atoms with Crippen LogP contribution in [0.5, 0.6) is 0 Å². The minimum absolute atomic E-state index is 0.207. The average Bonchev–Trinajstić information content (AvgIpc) is 2.35. The van der Waals surface area contributed by atoms with Gasteiger partial charge in [0.15, 0.2) is 0 Å². The van der Waals surface area contributed by atoms with Crippen molar-refractivity contribution in [1.29, 1.82) is 0 Å². The summed E-state index contributed by atoms with van der Waals surface area (Å²) in [6, 6.07) is 2.26. The first-order valence-corrected chi connectivity index (χ1v) is 7.70. The van der Waals surface area contributed by atoms with Crippen LogP contribution in [0, 0.1) is 0 Å². The molecule has 2 saturated heterocycles. The molecule has 0 spiro atoms. The van der Waals surface area contributed by atoms with Crippen LogP contribution in [0.25, 0.3) is 0 Å². The molecule has 0 aliphatic carbocycles. The molecule has 0 aromatic carbocycles. The Morgan fingerprint density at radius 3 is 2.42 bits per heavy atom. The van der Waals surface area contributed by atoms with E-state index in [0.717, 1.165) is 12.1 Å². The Bertz CT molecular complexity index is 305. The number of hydrogen-bond donors (Lipinski definition) is 1. The van der Waals surface area contributed by atoms with Crippen molar-refractivity contribution in [3.05, 3.63) is 0 Å². The van der Waals surface area contributed by atoms with Gasteiger partial charge in [0, 0.05) is 31.2 Å². The highest BCUT2D eigenvalue weighted by Crippen LogP contribution is 2.32. The van der Waals surface area contributed by atoms with Gasteiger partial charge >= 0.3 is 0 Å². The smallest absolute Gasteiger partial charge is 0.236 e. The maximum Gasteiger partial charge on any atom is 0.236 e. The maximum atomic E-state index is 12.0. The Kier molecular flexibility index (Phi) is 4.85. The van der Waals surface area contributed by atoms with Crippen molar-refractivity contribution in [2.75, 3.05) is 20.6 Å². The summed E-state index contributed by atoms with van der Waals surface area (Å²) in [6.07, 6.45) is 6.43. The summed E-state index contributed by atoms with van der Waals surface area (Å²) in [4.78, 5) is 16.4. The first-order chi connectivity index (χ1) is 8.99. The van der Waals surface area contributed by atoms with E-state index in [9.17, 15) is 4.79 Å². The Morgan fingerprint density at radius 1 is 1.32 bits per heavy atom. The molecule has 4 heteroatoms. The Balaban J connectivity index is 1.80. The summed E-state index contributed by atoms with van der Waals surface area (Å²) in [5, 5.41) is 3.49. The third-order valence-corrected chi connectivity index (χ3v) is 5.05. The molecule has 2 aliphatic heterocycles. The minimum Gasteiger partial charge on any atom is -0.342 e. The molecule has 2 rings (SSSR count). The zero-order valence-corrected chi connectivity index (χ0v) is 12.9. The van der Waals surface area contributed by atoms with Gasteiger partial charge in [-0.25, -0.2) is 0 Å². The van der Waals surface area contributed by atoms with E-state index >= 15 is 0 Å². The predicted molar refractivity (Wildman–Crippen MR) is 78.1 cm³/mol. The molecule has 2 unspecified atom stereocenters. The number of nitrogens with zero attached hydrogens (tertiary/aromatic N) is 2. The van der Waals surface area contributed by atoms with Crippen LogP contribution in [-0.2, 0) is 4.79 Å². The van der Waals surface area contributed by atoms with Gasteiger partial charge < -0.3 is 15.1 Å². The van der Waals surface area contributed by atoms with E-state index in [1.54, 1.807) is 0 Å². The van der Waals surface area contributed by atoms with Gasteiger partial charge in [-0.15, -0.1) is 0 Å². The molecule has 110 valence electrons. The topological polar surface area (TPSA) is 35.6 Å². The van der Waals surface area contributed by atoms with Crippen LogP contribution in [0.1, 0.15) is 46.0 Å². The van der Waals surface area contributed by atoms with Gasteiger partial charge in [-0.05, 0) is 46.6 Å². The number of carbonyl (C=O) groups excluding carboxylic acids is 1. The lowest BCUT2D eigenvalue weighted by atomic mass is 9.82. The molecular formula is C15H29N3O. The summed E-state index contributed by atoms with van der Waals surface area (Å²) < 4.78 is 0. The van der Waals surface area contributed by atoms with E-state index in [0.29, 0.717) is 12.6 Å². The second-order valence-corrected chi connectivity index (χ2v) is 6.55. The molecule has 2 heterocycles. The number of hydrogen-bond acceptors (Lipinski definition) is 3. The van der Waals surface area contributed by atoms with Crippen molar-refractivity contribution in [3.8, 4) is 0 Å². The van der Waals surface area contributed by atoms with Gasteiger partial charge in [-0.2, -0.15) is 0 Å². The summed E-state index contributed by atoms with van der Waals surface area (Å²) in [5.74, 6) is 0.207. The molecular weight excluding hydrogens is 238 g/mol. The second-order valence-electron chi connectivity index (χ2n) is 6.55. The molecule has 2 bridgehead atoms. The number of amides is 1. The Hall–Kier alpha value is -0.610. The average molecular weight is 267 g/mol. The van der Waals surface area contributed by atoms with Crippen molar-refractivity contribution >= 4 is 5.91 Å². The number of likely N-dealkylation sites (N-methyl/N-ethyl adjacent to an activating group) is 1. The summed E-state index contributed by atoms with van der Waals surface area (Å²) >= 11 is 0. The normalized spacial score (nSPS) is 31.5. The first kappa shape index (κ1) is 14.8. The zero-order valence-electron chi connectivity index (χ0n) is 12.9. The van der Waals surface area contributed by atoms with Crippen molar-refractivity contribution < 1.29 is 4.79 Å². The van der Waals surface area contributed by atoms with Gasteiger partial charge in [0.05, 0.1) is 6.54 Å². The predicted octanol–water partition coefficient (Wildman–Crippen LogP) is 1.46. The van der Waals surface area contributed by atoms with Crippen LogP contribution >= 0.6 is 0 Å². The molecule has 1 amide bonds. The SMILES string of the molecule is CC(C)N(C)C(=O)CNC1CC2CCCC(C1)N2C. The van der Waals surface area contributed by atoms with Gasteiger partial charge in [0.2, 0.25) is 5.91 Å². The fraction of sp³-hybridized carbons (Fsp3) is 0.933. The van der Waals surface area contributed by atoms with Crippen molar-refractivity contribution in [2.45, 2.75) is 70.1 Å². The summed E-state index contributed by atoms with van der Waals surface area (Å²) in [6.45, 7) is 4.60. The van der Waals surface area contributed by atoms with Gasteiger partial charge in [0.25, 0.3) is 0 Å². The largest absolute Gasteiger partial charge is 0.342 e. The summed E-state index contributed by atoms with van der Waals surface area (Å²) in [5.41, 5.74) is 0. The third kappa shape index (κ3) is 3.48. The molecule has 0 saturated carbocycles. The molecule has 2 atom stereocenters. The fourth-order valence-corrected chi connectivity index (χ4v) is 3.43. The summed E-state index contributed by atoms with van der Waals surface area (Å²) in [7, 11) is 4.15. The van der Waals surface area contributed by atoms with Crippen LogP contribution in [0.15, 0.2) is 0 Å². The standard InChI is InChI=1S/C15H29N3O/c1-11(2)17(3)15(19)10-16-12-8-13-6-5-7-14(9-12)18(13)4/h11-14,16H,5-10H2,1-4H3. The van der Waals surface area contributed by atoms with Crippen molar-refractivity contribution in [3.63, 3.8) is 0 Å². The lowest BCUT2D eigenvalue weighted by molar-refractivity contribution is -0.130. The maximum absolute atomic E-state index is 12.0. The van der Waals surface area contributed by atoms with Crippen LogP contribution in [0.4, 0.5) is 0 Å². The highest BCUT2D eigenvalue weighted by Gasteiger charge is 2.35. The van der Waals surface area contributed by atoms with E-state index in [4.69, 9.17) is 0 Å². The molecule has 0 radical (unpaired) electrons. The van der Waals surface area contributed by atoms with E-state index in [1.165, 1.54) is 32.1 Å². The van der Waals surface area contributed by atoms with Gasteiger partial charge in [0.1, 0.15) is 0 Å². The van der Waals surface area contributed by atoms with Crippen LogP contribution in [-0.4, -0.2) is 60.5 Å². The number of rotatable bonds is 4. The third-order valence-electron chi connectivity index (χ3n) is 5.05. The highest BCUT2D eigenvalue weighted by molar-refractivity contribution is 5.78. The number of piperidine rings is 2. The number of nitrogens with one attached hydrogen (secondary N) is 1. The van der Waals surface area contributed by atoms with Gasteiger partial charge in [-0.1, -0.05) is 6.42 Å². The van der Waals surface area contributed by atoms with E-state index in [1.807, 2.05) is 11.9 Å². The number of carbonyl (C=O) groups is 1. The lowest BCUT2D eigenvalue weighted by Crippen LogP contribution is -2.55. The second kappa shape index (κ2) is 6.23. The van der Waals surface area contributed by atoms with Crippen molar-refractivity contribution in [1.82, 2.24) is 15.1 Å². The molecule has 4 nitrogen and oxygen atoms in total. The molecule has 0 aromatic rings. The molecule has 1 N–H and O–H groups in total. The Morgan fingerprint density at radius 2 is 1.89 bits per heavy atom. The van der Waals surface area contributed by atoms with Crippen molar-refractivity contribution in [2.24, 2.45) is 0 Å². The van der Waals surface area contributed by atoms with E-state index in [2.05, 4.69) is 31.1 Å². The van der Waals surface area contributed by atoms with E-state index < -0.39 is 0 Å². The minimum atomic E-state index is 0.207. The van der Waals surface area contributed by atoms with Crippen LogP contribution < -0.4 is 5.32 Å². The lowest BCUT2D eigenvalue weighted by Gasteiger charge is -2.47. The molecule has 19 heavy (non-hydrogen) atoms. The molecule has 2 fully saturated rings. The highest BCUT2D eigenvalue weighted by atomic mass is 16.2. The molecule has 0 aromatic heterocycles. The fourth-order valence-electron chi connectivity index (χ4n) is 3.43. The van der Waals surface area contributed by atoms with Crippen LogP contribution in [0.3, 0.4) is 0 Å². The number of fused-ring (bicyclic) bond motifs is 2. The first-order valence-electron chi connectivity index (χ1n) is 7.70. The quantitative estimate of drug-likeness (QED) is 0.837. The van der Waals surface area contributed by atoms with Crippen LogP contribution in [0.2, 0.25) is 0 Å².